The molecule has 4 rings (SSSR count). The number of unbranched alkanes of at least 4 members (excludes halogenated alkanes) is 1. The smallest absolute Gasteiger partial charge is 0.262 e. The average Bonchev–Trinajstić information content (AvgIpc) is 2.83. The van der Waals surface area contributed by atoms with Crippen LogP contribution in [-0.4, -0.2) is 65.1 Å². The molecule has 0 aromatic heterocycles. The molecule has 1 saturated heterocycles. The number of fused-ring (bicyclic) bond motifs is 1. The minimum atomic E-state index is -3.47. The van der Waals surface area contributed by atoms with Crippen LogP contribution in [0.25, 0.3) is 0 Å². The van der Waals surface area contributed by atoms with Crippen molar-refractivity contribution in [3.8, 4) is 5.75 Å². The van der Waals surface area contributed by atoms with Crippen molar-refractivity contribution in [1.29, 1.82) is 0 Å². The lowest BCUT2D eigenvalue weighted by Crippen LogP contribution is -2.47. The van der Waals surface area contributed by atoms with E-state index in [4.69, 9.17) is 4.74 Å². The van der Waals surface area contributed by atoms with Gasteiger partial charge in [0.15, 0.2) is 12.4 Å². The quantitative estimate of drug-likeness (QED) is 0.530. The summed E-state index contributed by atoms with van der Waals surface area (Å²) in [6.07, 6.45) is 1.73. The fourth-order valence-corrected chi connectivity index (χ4v) is 5.42. The molecule has 2 aromatic carbocycles. The van der Waals surface area contributed by atoms with E-state index in [-0.39, 0.29) is 12.5 Å². The summed E-state index contributed by atoms with van der Waals surface area (Å²) < 4.78 is 33.4. The van der Waals surface area contributed by atoms with Crippen molar-refractivity contribution < 1.29 is 17.9 Å². The molecule has 1 amide bonds. The molecule has 2 aliphatic heterocycles. The second-order valence-electron chi connectivity index (χ2n) is 9.15. The van der Waals surface area contributed by atoms with Crippen LogP contribution in [0.2, 0.25) is 0 Å². The summed E-state index contributed by atoms with van der Waals surface area (Å²) in [7, 11) is -3.47. The van der Waals surface area contributed by atoms with Gasteiger partial charge in [-0.3, -0.25) is 9.69 Å². The molecule has 0 atom stereocenters. The van der Waals surface area contributed by atoms with Crippen LogP contribution in [0.3, 0.4) is 0 Å². The van der Waals surface area contributed by atoms with Gasteiger partial charge in [-0.25, -0.2) is 13.1 Å². The Morgan fingerprint density at radius 2 is 1.76 bits per heavy atom. The van der Waals surface area contributed by atoms with E-state index in [0.717, 1.165) is 68.3 Å². The first-order valence-electron chi connectivity index (χ1n) is 12.0. The normalized spacial score (nSPS) is 16.8. The highest BCUT2D eigenvalue weighted by Gasteiger charge is 2.24. The van der Waals surface area contributed by atoms with Crippen LogP contribution >= 0.6 is 0 Å². The van der Waals surface area contributed by atoms with Crippen LogP contribution in [0.1, 0.15) is 38.2 Å². The molecule has 0 bridgehead atoms. The van der Waals surface area contributed by atoms with Gasteiger partial charge in [-0.2, -0.15) is 0 Å². The standard InChI is InChI=1S/C25H34N4O4S/c1-19(2)20-8-10-21(11-9-20)34(31,32)26-12-3-4-13-28-14-16-29(17-15-28)23-7-5-6-22-25(23)33-18-24(30)27-22/h5-11,19,26H,3-4,12-18H2,1-2H3,(H,27,30). The van der Waals surface area contributed by atoms with Gasteiger partial charge < -0.3 is 15.0 Å². The van der Waals surface area contributed by atoms with Gasteiger partial charge in [0.1, 0.15) is 0 Å². The fraction of sp³-hybridized carbons (Fsp3) is 0.480. The monoisotopic (exact) mass is 486 g/mol. The van der Waals surface area contributed by atoms with Crippen LogP contribution in [-0.2, 0) is 14.8 Å². The fourth-order valence-electron chi connectivity index (χ4n) is 4.34. The third-order valence-corrected chi connectivity index (χ3v) is 7.86. The van der Waals surface area contributed by atoms with Crippen molar-refractivity contribution in [2.75, 3.05) is 56.1 Å². The summed E-state index contributed by atoms with van der Waals surface area (Å²) in [6.45, 7) is 9.24. The third-order valence-electron chi connectivity index (χ3n) is 6.38. The molecule has 0 aliphatic carbocycles. The van der Waals surface area contributed by atoms with E-state index < -0.39 is 10.0 Å². The summed E-state index contributed by atoms with van der Waals surface area (Å²) in [6, 6.07) is 13.0. The number of para-hydroxylation sites is 1. The first-order valence-corrected chi connectivity index (χ1v) is 13.4. The van der Waals surface area contributed by atoms with Crippen molar-refractivity contribution in [2.45, 2.75) is 37.5 Å². The Labute approximate surface area is 202 Å². The second-order valence-corrected chi connectivity index (χ2v) is 10.9. The number of ether oxygens (including phenoxy) is 1. The molecule has 1 fully saturated rings. The number of benzene rings is 2. The Morgan fingerprint density at radius 3 is 2.47 bits per heavy atom. The van der Waals surface area contributed by atoms with Crippen LogP contribution in [0.4, 0.5) is 11.4 Å². The van der Waals surface area contributed by atoms with E-state index in [9.17, 15) is 13.2 Å². The number of amides is 1. The van der Waals surface area contributed by atoms with Crippen molar-refractivity contribution in [2.24, 2.45) is 0 Å². The summed E-state index contributed by atoms with van der Waals surface area (Å²) in [5.74, 6) is 1.00. The minimum absolute atomic E-state index is 0.0526. The van der Waals surface area contributed by atoms with Gasteiger partial charge in [0.25, 0.3) is 5.91 Å². The van der Waals surface area contributed by atoms with E-state index in [0.29, 0.717) is 17.4 Å². The predicted molar refractivity (Wildman–Crippen MR) is 134 cm³/mol. The number of nitrogens with one attached hydrogen (secondary N) is 2. The van der Waals surface area contributed by atoms with Gasteiger partial charge in [0, 0.05) is 32.7 Å². The van der Waals surface area contributed by atoms with E-state index in [1.807, 2.05) is 30.3 Å². The van der Waals surface area contributed by atoms with Crippen molar-refractivity contribution >= 4 is 27.3 Å². The molecule has 0 radical (unpaired) electrons. The molecule has 2 aliphatic rings. The van der Waals surface area contributed by atoms with Crippen LogP contribution in [0, 0.1) is 0 Å². The van der Waals surface area contributed by atoms with Gasteiger partial charge in [-0.05, 0) is 55.1 Å². The largest absolute Gasteiger partial charge is 0.479 e. The molecule has 8 nitrogen and oxygen atoms in total. The zero-order valence-electron chi connectivity index (χ0n) is 19.9. The summed E-state index contributed by atoms with van der Waals surface area (Å²) >= 11 is 0. The zero-order chi connectivity index (χ0) is 24.1. The van der Waals surface area contributed by atoms with Crippen molar-refractivity contribution in [1.82, 2.24) is 9.62 Å². The lowest BCUT2D eigenvalue weighted by atomic mass is 10.0. The number of piperazine rings is 1. The Bertz CT molecular complexity index is 1090. The van der Waals surface area contributed by atoms with Gasteiger partial charge in [-0.15, -0.1) is 0 Å². The van der Waals surface area contributed by atoms with Gasteiger partial charge in [0.05, 0.1) is 16.3 Å². The van der Waals surface area contributed by atoms with Crippen molar-refractivity contribution in [3.05, 3.63) is 48.0 Å². The topological polar surface area (TPSA) is 91.0 Å². The zero-order valence-corrected chi connectivity index (χ0v) is 20.7. The van der Waals surface area contributed by atoms with Crippen molar-refractivity contribution in [3.63, 3.8) is 0 Å². The molecule has 9 heteroatoms. The molecule has 34 heavy (non-hydrogen) atoms. The molecule has 2 N–H and O–H groups in total. The number of sulfonamides is 1. The minimum Gasteiger partial charge on any atom is -0.479 e. The number of carbonyl (C=O) groups is 1. The Balaban J connectivity index is 1.18. The van der Waals surface area contributed by atoms with Gasteiger partial charge >= 0.3 is 0 Å². The first-order chi connectivity index (χ1) is 16.3. The average molecular weight is 487 g/mol. The van der Waals surface area contributed by atoms with Gasteiger partial charge in [-0.1, -0.05) is 32.0 Å². The van der Waals surface area contributed by atoms with Crippen LogP contribution in [0.15, 0.2) is 47.4 Å². The highest BCUT2D eigenvalue weighted by molar-refractivity contribution is 7.89. The molecular formula is C25H34N4O4S. The number of anilines is 2. The number of carbonyl (C=O) groups excluding carboxylic acids is 1. The lowest BCUT2D eigenvalue weighted by Gasteiger charge is -2.37. The third kappa shape index (κ3) is 5.89. The molecule has 2 heterocycles. The Kier molecular flexibility index (Phi) is 7.75. The lowest BCUT2D eigenvalue weighted by molar-refractivity contribution is -0.118. The molecule has 0 saturated carbocycles. The predicted octanol–water partition coefficient (Wildman–Crippen LogP) is 3.02. The highest BCUT2D eigenvalue weighted by Crippen LogP contribution is 2.38. The molecule has 2 aromatic rings. The Morgan fingerprint density at radius 1 is 1.03 bits per heavy atom. The molecule has 0 spiro atoms. The number of rotatable bonds is 9. The van der Waals surface area contributed by atoms with E-state index in [1.54, 1.807) is 12.1 Å². The Hall–Kier alpha value is -2.62. The maximum Gasteiger partial charge on any atom is 0.262 e. The first kappa shape index (κ1) is 24.5. The SMILES string of the molecule is CC(C)c1ccc(S(=O)(=O)NCCCCN2CCN(c3cccc4c3OCC(=O)N4)CC2)cc1. The molecular weight excluding hydrogens is 452 g/mol. The molecule has 0 unspecified atom stereocenters. The second kappa shape index (κ2) is 10.8. The van der Waals surface area contributed by atoms with Gasteiger partial charge in [0.2, 0.25) is 10.0 Å². The van der Waals surface area contributed by atoms with E-state index in [2.05, 4.69) is 33.7 Å². The molecule has 184 valence electrons. The summed E-state index contributed by atoms with van der Waals surface area (Å²) in [4.78, 5) is 16.6. The summed E-state index contributed by atoms with van der Waals surface area (Å²) in [5, 5.41) is 2.87. The number of hydrogen-bond donors (Lipinski definition) is 2. The van der Waals surface area contributed by atoms with Crippen LogP contribution in [0.5, 0.6) is 5.75 Å². The number of nitrogens with zero attached hydrogens (tertiary/aromatic N) is 2. The van der Waals surface area contributed by atoms with E-state index in [1.165, 1.54) is 0 Å². The highest BCUT2D eigenvalue weighted by atomic mass is 32.2. The number of hydrogen-bond acceptors (Lipinski definition) is 6. The maximum absolute atomic E-state index is 12.5. The summed E-state index contributed by atoms with van der Waals surface area (Å²) in [5.41, 5.74) is 2.88. The maximum atomic E-state index is 12.5. The van der Waals surface area contributed by atoms with Crippen LogP contribution < -0.4 is 19.7 Å². The van der Waals surface area contributed by atoms with E-state index >= 15 is 0 Å².